The maximum absolute atomic E-state index is 13.1. The van der Waals surface area contributed by atoms with Crippen LogP contribution in [0.3, 0.4) is 0 Å². The highest BCUT2D eigenvalue weighted by atomic mass is 16.6. The Bertz CT molecular complexity index is 1310. The zero-order chi connectivity index (χ0) is 25.7. The number of nitrogens with zero attached hydrogens (tertiary/aromatic N) is 4. The highest BCUT2D eigenvalue weighted by Crippen LogP contribution is 2.40. The zero-order valence-electron chi connectivity index (χ0n) is 19.3. The van der Waals surface area contributed by atoms with Gasteiger partial charge >= 0.3 is 0 Å². The van der Waals surface area contributed by atoms with E-state index in [9.17, 15) is 24.8 Å². The fourth-order valence-electron chi connectivity index (χ4n) is 4.13. The van der Waals surface area contributed by atoms with Crippen LogP contribution in [0.5, 0.6) is 5.75 Å². The molecule has 0 bridgehead atoms. The van der Waals surface area contributed by atoms with E-state index in [-0.39, 0.29) is 23.6 Å². The molecule has 184 valence electrons. The molecule has 0 aliphatic carbocycles. The van der Waals surface area contributed by atoms with Crippen molar-refractivity contribution >= 4 is 23.1 Å². The molecular weight excluding hydrogens is 464 g/mol. The Morgan fingerprint density at radius 3 is 2.64 bits per heavy atom. The first-order chi connectivity index (χ1) is 17.4. The molecule has 10 heteroatoms. The molecule has 1 aliphatic heterocycles. The first-order valence-electron chi connectivity index (χ1n) is 11.2. The molecule has 2 aromatic carbocycles. The first kappa shape index (κ1) is 24.4. The van der Waals surface area contributed by atoms with E-state index >= 15 is 0 Å². The molecule has 0 radical (unpaired) electrons. The van der Waals surface area contributed by atoms with Gasteiger partial charge in [-0.15, -0.1) is 0 Å². The number of hydrogen-bond acceptors (Lipinski definition) is 7. The van der Waals surface area contributed by atoms with Crippen molar-refractivity contribution in [1.29, 1.82) is 0 Å². The van der Waals surface area contributed by atoms with Gasteiger partial charge in [-0.3, -0.25) is 19.7 Å². The van der Waals surface area contributed by atoms with Crippen molar-refractivity contribution in [2.24, 2.45) is 0 Å². The molecule has 0 saturated carbocycles. The van der Waals surface area contributed by atoms with Crippen LogP contribution >= 0.6 is 0 Å². The SMILES string of the molecule is C=CCOc1ccc(/C(O)=C2\C(=O)C(=O)N(CCCn3ccnc3)C2c2cccc([N+](=O)[O-])c2)cc1. The lowest BCUT2D eigenvalue weighted by molar-refractivity contribution is -0.384. The molecule has 2 heterocycles. The van der Waals surface area contributed by atoms with Gasteiger partial charge < -0.3 is 19.3 Å². The van der Waals surface area contributed by atoms with Crippen LogP contribution in [0, 0.1) is 10.1 Å². The first-order valence-corrected chi connectivity index (χ1v) is 11.2. The van der Waals surface area contributed by atoms with Crippen LogP contribution in [-0.4, -0.2) is 49.3 Å². The average molecular weight is 489 g/mol. The minimum atomic E-state index is -0.982. The van der Waals surface area contributed by atoms with Crippen LogP contribution in [0.15, 0.2) is 85.5 Å². The third-order valence-corrected chi connectivity index (χ3v) is 5.81. The van der Waals surface area contributed by atoms with Gasteiger partial charge in [0.25, 0.3) is 17.4 Å². The summed E-state index contributed by atoms with van der Waals surface area (Å²) < 4.78 is 7.30. The molecule has 1 atom stereocenters. The minimum Gasteiger partial charge on any atom is -0.507 e. The van der Waals surface area contributed by atoms with E-state index < -0.39 is 22.7 Å². The minimum absolute atomic E-state index is 0.122. The number of rotatable bonds is 10. The van der Waals surface area contributed by atoms with Crippen molar-refractivity contribution in [3.05, 3.63) is 107 Å². The highest BCUT2D eigenvalue weighted by Gasteiger charge is 2.46. The van der Waals surface area contributed by atoms with E-state index in [1.165, 1.54) is 23.1 Å². The zero-order valence-corrected chi connectivity index (χ0v) is 19.3. The third kappa shape index (κ3) is 5.02. The molecule has 1 fully saturated rings. The summed E-state index contributed by atoms with van der Waals surface area (Å²) in [6, 6.07) is 11.2. The fraction of sp³-hybridized carbons (Fsp3) is 0.192. The quantitative estimate of drug-likeness (QED) is 0.115. The molecule has 1 N–H and O–H groups in total. The van der Waals surface area contributed by atoms with Gasteiger partial charge in [-0.05, 0) is 36.2 Å². The van der Waals surface area contributed by atoms with Crippen molar-refractivity contribution in [1.82, 2.24) is 14.5 Å². The molecule has 4 rings (SSSR count). The predicted molar refractivity (Wildman–Crippen MR) is 131 cm³/mol. The standard InChI is InChI=1S/C26H24N4O6/c1-2-15-36-21-9-7-18(8-10-21)24(31)22-23(19-5-3-6-20(16-19)30(34)35)29(26(33)25(22)32)13-4-12-28-14-11-27-17-28/h2-3,5-11,14,16-17,23,31H,1,4,12-13,15H2/b24-22+. The number of carbonyl (C=O) groups is 2. The van der Waals surface area contributed by atoms with E-state index in [2.05, 4.69) is 11.6 Å². The molecule has 3 aromatic rings. The Hall–Kier alpha value is -4.73. The number of aliphatic hydroxyl groups excluding tert-OH is 1. The summed E-state index contributed by atoms with van der Waals surface area (Å²) in [5.41, 5.74) is 0.370. The Labute approximate surface area is 206 Å². The van der Waals surface area contributed by atoms with Crippen LogP contribution in [-0.2, 0) is 16.1 Å². The summed E-state index contributed by atoms with van der Waals surface area (Å²) in [6.07, 6.45) is 7.18. The van der Waals surface area contributed by atoms with E-state index in [4.69, 9.17) is 4.74 Å². The van der Waals surface area contributed by atoms with E-state index in [1.54, 1.807) is 55.1 Å². The molecule has 1 amide bonds. The van der Waals surface area contributed by atoms with Crippen LogP contribution in [0.4, 0.5) is 5.69 Å². The van der Waals surface area contributed by atoms with Crippen LogP contribution in [0.1, 0.15) is 23.6 Å². The van der Waals surface area contributed by atoms with E-state index in [1.807, 2.05) is 4.57 Å². The number of nitro benzene ring substituents is 1. The van der Waals surface area contributed by atoms with Gasteiger partial charge in [0, 0.05) is 43.2 Å². The molecule has 1 aromatic heterocycles. The number of Topliss-reactive ketones (excluding diaryl/α,β-unsaturated/α-hetero) is 1. The largest absolute Gasteiger partial charge is 0.507 e. The van der Waals surface area contributed by atoms with Gasteiger partial charge in [0.2, 0.25) is 0 Å². The molecule has 0 spiro atoms. The average Bonchev–Trinajstić information content (AvgIpc) is 3.50. The van der Waals surface area contributed by atoms with Crippen molar-refractivity contribution in [3.8, 4) is 5.75 Å². The van der Waals surface area contributed by atoms with E-state index in [0.717, 1.165) is 0 Å². The van der Waals surface area contributed by atoms with Gasteiger partial charge in [0.15, 0.2) is 0 Å². The molecule has 36 heavy (non-hydrogen) atoms. The predicted octanol–water partition coefficient (Wildman–Crippen LogP) is 3.87. The maximum Gasteiger partial charge on any atom is 0.295 e. The number of carbonyl (C=O) groups excluding carboxylic acids is 2. The molecule has 1 saturated heterocycles. The molecule has 1 unspecified atom stereocenters. The fourth-order valence-corrected chi connectivity index (χ4v) is 4.13. The second kappa shape index (κ2) is 10.7. The number of hydrogen-bond donors (Lipinski definition) is 1. The number of ether oxygens (including phenoxy) is 1. The smallest absolute Gasteiger partial charge is 0.295 e. The number of nitro groups is 1. The lowest BCUT2D eigenvalue weighted by atomic mass is 9.95. The lowest BCUT2D eigenvalue weighted by Crippen LogP contribution is -2.31. The molecule has 10 nitrogen and oxygen atoms in total. The topological polar surface area (TPSA) is 128 Å². The van der Waals surface area contributed by atoms with E-state index in [0.29, 0.717) is 36.4 Å². The third-order valence-electron chi connectivity index (χ3n) is 5.81. The Balaban J connectivity index is 1.73. The van der Waals surface area contributed by atoms with Crippen molar-refractivity contribution in [2.75, 3.05) is 13.2 Å². The molecule has 1 aliphatic rings. The monoisotopic (exact) mass is 488 g/mol. The maximum atomic E-state index is 13.1. The van der Waals surface area contributed by atoms with Gasteiger partial charge in [0.1, 0.15) is 18.1 Å². The number of ketones is 1. The van der Waals surface area contributed by atoms with Crippen molar-refractivity contribution < 1.29 is 24.4 Å². The lowest BCUT2D eigenvalue weighted by Gasteiger charge is -2.25. The summed E-state index contributed by atoms with van der Waals surface area (Å²) in [6.45, 7) is 4.65. The van der Waals surface area contributed by atoms with Crippen LogP contribution < -0.4 is 4.74 Å². The number of benzene rings is 2. The van der Waals surface area contributed by atoms with Crippen molar-refractivity contribution in [2.45, 2.75) is 19.0 Å². The van der Waals surface area contributed by atoms with Gasteiger partial charge in [-0.25, -0.2) is 4.98 Å². The van der Waals surface area contributed by atoms with Crippen molar-refractivity contribution in [3.63, 3.8) is 0 Å². The second-order valence-corrected chi connectivity index (χ2v) is 8.12. The Morgan fingerprint density at radius 1 is 1.19 bits per heavy atom. The summed E-state index contributed by atoms with van der Waals surface area (Å²) in [5.74, 6) is -1.44. The highest BCUT2D eigenvalue weighted by molar-refractivity contribution is 6.46. The Kier molecular flexibility index (Phi) is 7.24. The van der Waals surface area contributed by atoms with Gasteiger partial charge in [-0.2, -0.15) is 0 Å². The number of likely N-dealkylation sites (tertiary alicyclic amines) is 1. The van der Waals surface area contributed by atoms with Crippen LogP contribution in [0.2, 0.25) is 0 Å². The number of amides is 1. The van der Waals surface area contributed by atoms with Crippen LogP contribution in [0.25, 0.3) is 5.76 Å². The normalized spacial score (nSPS) is 16.8. The summed E-state index contributed by atoms with van der Waals surface area (Å²) >= 11 is 0. The number of aromatic nitrogens is 2. The molecular formula is C26H24N4O6. The summed E-state index contributed by atoms with van der Waals surface area (Å²) in [7, 11) is 0. The number of imidazole rings is 1. The van der Waals surface area contributed by atoms with Gasteiger partial charge in [-0.1, -0.05) is 24.8 Å². The second-order valence-electron chi connectivity index (χ2n) is 8.12. The number of non-ortho nitro benzene ring substituents is 1. The van der Waals surface area contributed by atoms with Gasteiger partial charge in [0.05, 0.1) is 22.9 Å². The summed E-state index contributed by atoms with van der Waals surface area (Å²) in [4.78, 5) is 42.4. The Morgan fingerprint density at radius 2 is 1.97 bits per heavy atom. The summed E-state index contributed by atoms with van der Waals surface area (Å²) in [5, 5.41) is 22.6. The number of aryl methyl sites for hydroxylation is 1. The number of aliphatic hydroxyl groups is 1.